The maximum absolute atomic E-state index is 5.26. The molecule has 102 valence electrons. The van der Waals surface area contributed by atoms with Crippen molar-refractivity contribution in [3.05, 3.63) is 41.1 Å². The Morgan fingerprint density at radius 2 is 1.65 bits per heavy atom. The molecule has 0 fully saturated rings. The minimum absolute atomic E-state index is 0.354. The number of fused-ring (bicyclic) bond motifs is 1. The van der Waals surface area contributed by atoms with Gasteiger partial charge in [-0.3, -0.25) is 0 Å². The molecule has 3 rings (SSSR count). The molecule has 2 heterocycles. The standard InChI is InChI=1S/C14H14N4O2/c1-3-9-4-6-10(7-5-9)8-11-14(19-2)16-13-12(15-11)17-20-18-13/h4-7H,3,8H2,1-2H3. The first-order chi connectivity index (χ1) is 9.80. The van der Waals surface area contributed by atoms with Crippen LogP contribution in [-0.2, 0) is 12.8 Å². The molecule has 0 saturated carbocycles. The van der Waals surface area contributed by atoms with Crippen molar-refractivity contribution in [3.8, 4) is 5.88 Å². The molecule has 3 aromatic rings. The second kappa shape index (κ2) is 5.24. The highest BCUT2D eigenvalue weighted by molar-refractivity contribution is 5.64. The molecule has 0 aliphatic rings. The van der Waals surface area contributed by atoms with Gasteiger partial charge in [-0.1, -0.05) is 31.2 Å². The predicted molar refractivity (Wildman–Crippen MR) is 72.6 cm³/mol. The molecule has 0 aliphatic carbocycles. The Bertz CT molecular complexity index is 722. The highest BCUT2D eigenvalue weighted by Crippen LogP contribution is 2.20. The Hall–Kier alpha value is -2.50. The van der Waals surface area contributed by atoms with E-state index in [1.807, 2.05) is 0 Å². The van der Waals surface area contributed by atoms with Crippen molar-refractivity contribution >= 4 is 11.3 Å². The number of benzene rings is 1. The SMILES string of the molecule is CCc1ccc(Cc2nc3nonc3nc2OC)cc1. The van der Waals surface area contributed by atoms with E-state index in [4.69, 9.17) is 4.74 Å². The molecule has 6 nitrogen and oxygen atoms in total. The van der Waals surface area contributed by atoms with Crippen LogP contribution < -0.4 is 4.74 Å². The fraction of sp³-hybridized carbons (Fsp3) is 0.286. The summed E-state index contributed by atoms with van der Waals surface area (Å²) in [5.41, 5.74) is 3.92. The summed E-state index contributed by atoms with van der Waals surface area (Å²) < 4.78 is 9.88. The summed E-state index contributed by atoms with van der Waals surface area (Å²) in [4.78, 5) is 8.62. The van der Waals surface area contributed by atoms with Crippen LogP contribution in [0.2, 0.25) is 0 Å². The van der Waals surface area contributed by atoms with Gasteiger partial charge in [0, 0.05) is 6.42 Å². The molecule has 0 aliphatic heterocycles. The molecular weight excluding hydrogens is 256 g/mol. The van der Waals surface area contributed by atoms with Crippen LogP contribution in [0.4, 0.5) is 0 Å². The molecular formula is C14H14N4O2. The third-order valence-electron chi connectivity index (χ3n) is 3.15. The van der Waals surface area contributed by atoms with Gasteiger partial charge in [-0.05, 0) is 27.9 Å². The summed E-state index contributed by atoms with van der Waals surface area (Å²) in [6.45, 7) is 2.13. The van der Waals surface area contributed by atoms with Gasteiger partial charge < -0.3 is 4.74 Å². The summed E-state index contributed by atoms with van der Waals surface area (Å²) >= 11 is 0. The number of aromatic nitrogens is 4. The van der Waals surface area contributed by atoms with Gasteiger partial charge in [-0.2, -0.15) is 4.98 Å². The van der Waals surface area contributed by atoms with Gasteiger partial charge in [0.25, 0.3) is 0 Å². The van der Waals surface area contributed by atoms with E-state index in [0.29, 0.717) is 23.6 Å². The number of nitrogens with zero attached hydrogens (tertiary/aromatic N) is 4. The molecule has 20 heavy (non-hydrogen) atoms. The van der Waals surface area contributed by atoms with Crippen LogP contribution in [0.1, 0.15) is 23.7 Å². The Morgan fingerprint density at radius 1 is 1.00 bits per heavy atom. The molecule has 0 bridgehead atoms. The van der Waals surface area contributed by atoms with Crippen LogP contribution >= 0.6 is 0 Å². The summed E-state index contributed by atoms with van der Waals surface area (Å²) in [7, 11) is 1.56. The van der Waals surface area contributed by atoms with E-state index < -0.39 is 0 Å². The first kappa shape index (κ1) is 12.5. The quantitative estimate of drug-likeness (QED) is 0.723. The number of rotatable bonds is 4. The van der Waals surface area contributed by atoms with Gasteiger partial charge in [0.15, 0.2) is 0 Å². The lowest BCUT2D eigenvalue weighted by atomic mass is 10.1. The average molecular weight is 270 g/mol. The number of hydrogen-bond donors (Lipinski definition) is 0. The normalized spacial score (nSPS) is 10.9. The molecule has 0 spiro atoms. The van der Waals surface area contributed by atoms with Crippen LogP contribution in [0, 0.1) is 0 Å². The molecule has 0 amide bonds. The molecule has 0 unspecified atom stereocenters. The Morgan fingerprint density at radius 3 is 2.30 bits per heavy atom. The smallest absolute Gasteiger partial charge is 0.246 e. The summed E-state index contributed by atoms with van der Waals surface area (Å²) in [6.07, 6.45) is 1.66. The van der Waals surface area contributed by atoms with Gasteiger partial charge >= 0.3 is 0 Å². The first-order valence-electron chi connectivity index (χ1n) is 6.41. The fourth-order valence-corrected chi connectivity index (χ4v) is 2.02. The van der Waals surface area contributed by atoms with E-state index in [-0.39, 0.29) is 0 Å². The minimum atomic E-state index is 0.354. The number of methoxy groups -OCH3 is 1. The van der Waals surface area contributed by atoms with Gasteiger partial charge in [0.2, 0.25) is 17.2 Å². The second-order valence-electron chi connectivity index (χ2n) is 4.44. The number of ether oxygens (including phenoxy) is 1. The molecule has 0 N–H and O–H groups in total. The van der Waals surface area contributed by atoms with Crippen molar-refractivity contribution in [1.29, 1.82) is 0 Å². The van der Waals surface area contributed by atoms with Crippen LogP contribution in [0.25, 0.3) is 11.3 Å². The van der Waals surface area contributed by atoms with Crippen LogP contribution in [-0.4, -0.2) is 27.4 Å². The fourth-order valence-electron chi connectivity index (χ4n) is 2.02. The number of hydrogen-bond acceptors (Lipinski definition) is 6. The summed E-state index contributed by atoms with van der Waals surface area (Å²) in [6, 6.07) is 8.41. The van der Waals surface area contributed by atoms with Crippen molar-refractivity contribution < 1.29 is 9.37 Å². The zero-order chi connectivity index (χ0) is 13.9. The van der Waals surface area contributed by atoms with E-state index in [9.17, 15) is 0 Å². The molecule has 0 radical (unpaired) electrons. The highest BCUT2D eigenvalue weighted by atomic mass is 16.6. The van der Waals surface area contributed by atoms with E-state index in [1.165, 1.54) is 5.56 Å². The van der Waals surface area contributed by atoms with E-state index in [0.717, 1.165) is 17.7 Å². The third kappa shape index (κ3) is 2.32. The van der Waals surface area contributed by atoms with E-state index in [2.05, 4.69) is 56.1 Å². The predicted octanol–water partition coefficient (Wildman–Crippen LogP) is 2.17. The zero-order valence-corrected chi connectivity index (χ0v) is 11.3. The van der Waals surface area contributed by atoms with Crippen molar-refractivity contribution in [2.45, 2.75) is 19.8 Å². The zero-order valence-electron chi connectivity index (χ0n) is 11.3. The average Bonchev–Trinajstić information content (AvgIpc) is 2.94. The maximum atomic E-state index is 5.26. The molecule has 1 aromatic carbocycles. The van der Waals surface area contributed by atoms with Crippen molar-refractivity contribution in [1.82, 2.24) is 20.3 Å². The highest BCUT2D eigenvalue weighted by Gasteiger charge is 2.13. The van der Waals surface area contributed by atoms with Crippen LogP contribution in [0.3, 0.4) is 0 Å². The summed E-state index contributed by atoms with van der Waals surface area (Å²) in [5, 5.41) is 7.37. The lowest BCUT2D eigenvalue weighted by Gasteiger charge is -2.06. The van der Waals surface area contributed by atoms with Crippen molar-refractivity contribution in [2.24, 2.45) is 0 Å². The van der Waals surface area contributed by atoms with Crippen LogP contribution in [0.5, 0.6) is 5.88 Å². The Balaban J connectivity index is 1.95. The summed E-state index contributed by atoms with van der Waals surface area (Å²) in [5.74, 6) is 0.452. The molecule has 0 atom stereocenters. The van der Waals surface area contributed by atoms with Gasteiger partial charge in [0.1, 0.15) is 5.69 Å². The minimum Gasteiger partial charge on any atom is -0.480 e. The first-order valence-corrected chi connectivity index (χ1v) is 6.41. The lowest BCUT2D eigenvalue weighted by Crippen LogP contribution is -2.01. The Labute approximate surface area is 115 Å². The maximum Gasteiger partial charge on any atom is 0.246 e. The van der Waals surface area contributed by atoms with E-state index >= 15 is 0 Å². The number of aryl methyl sites for hydroxylation is 1. The van der Waals surface area contributed by atoms with Crippen molar-refractivity contribution in [3.63, 3.8) is 0 Å². The molecule has 6 heteroatoms. The van der Waals surface area contributed by atoms with Gasteiger partial charge in [-0.15, -0.1) is 0 Å². The molecule has 0 saturated heterocycles. The molecule has 2 aromatic heterocycles. The van der Waals surface area contributed by atoms with Gasteiger partial charge in [-0.25, -0.2) is 9.61 Å². The Kier molecular flexibility index (Phi) is 3.28. The second-order valence-corrected chi connectivity index (χ2v) is 4.44. The largest absolute Gasteiger partial charge is 0.480 e. The van der Waals surface area contributed by atoms with Crippen LogP contribution in [0.15, 0.2) is 28.9 Å². The third-order valence-corrected chi connectivity index (χ3v) is 3.15. The lowest BCUT2D eigenvalue weighted by molar-refractivity contribution is 0.313. The monoisotopic (exact) mass is 270 g/mol. The topological polar surface area (TPSA) is 73.9 Å². The van der Waals surface area contributed by atoms with Gasteiger partial charge in [0.05, 0.1) is 7.11 Å². The van der Waals surface area contributed by atoms with E-state index in [1.54, 1.807) is 7.11 Å². The van der Waals surface area contributed by atoms with Crippen molar-refractivity contribution in [2.75, 3.05) is 7.11 Å².